The Kier molecular flexibility index (Phi) is 5.16. The standard InChI is InChI=1S/C18H17N3O3S/c1-12-7-5-6-10-14(12)21-17(16(24)13-8-3-2-4-9-13)19-20-18(21)25-11-15(22)23/h2-10,16,24H,11H2,1H3,(H,22,23)/t16-/m1/s1. The summed E-state index contributed by atoms with van der Waals surface area (Å²) in [6.07, 6.45) is -0.965. The van der Waals surface area contributed by atoms with Crippen LogP contribution in [0.2, 0.25) is 0 Å². The minimum absolute atomic E-state index is 0.133. The number of rotatable bonds is 6. The molecule has 0 aliphatic rings. The normalized spacial score (nSPS) is 12.1. The summed E-state index contributed by atoms with van der Waals surface area (Å²) in [7, 11) is 0. The molecule has 0 fully saturated rings. The summed E-state index contributed by atoms with van der Waals surface area (Å²) in [6, 6.07) is 16.8. The predicted molar refractivity (Wildman–Crippen MR) is 95.0 cm³/mol. The van der Waals surface area contributed by atoms with Gasteiger partial charge in [0.25, 0.3) is 0 Å². The lowest BCUT2D eigenvalue weighted by Crippen LogP contribution is -2.11. The van der Waals surface area contributed by atoms with Gasteiger partial charge < -0.3 is 10.2 Å². The maximum Gasteiger partial charge on any atom is 0.313 e. The molecule has 0 spiro atoms. The lowest BCUT2D eigenvalue weighted by Gasteiger charge is -2.16. The summed E-state index contributed by atoms with van der Waals surface area (Å²) < 4.78 is 1.72. The Bertz CT molecular complexity index is 880. The summed E-state index contributed by atoms with van der Waals surface area (Å²) in [4.78, 5) is 10.9. The van der Waals surface area contributed by atoms with Crippen molar-refractivity contribution in [3.05, 3.63) is 71.5 Å². The van der Waals surface area contributed by atoms with Crippen LogP contribution in [0.4, 0.5) is 0 Å². The molecule has 0 radical (unpaired) electrons. The number of aliphatic carboxylic acids is 1. The number of thioether (sulfide) groups is 1. The van der Waals surface area contributed by atoms with Crippen LogP contribution in [-0.4, -0.2) is 36.7 Å². The highest BCUT2D eigenvalue weighted by Gasteiger charge is 2.23. The molecule has 2 N–H and O–H groups in total. The molecule has 1 atom stereocenters. The van der Waals surface area contributed by atoms with Gasteiger partial charge in [0.2, 0.25) is 0 Å². The second kappa shape index (κ2) is 7.50. The van der Waals surface area contributed by atoms with Gasteiger partial charge in [0.05, 0.1) is 11.4 Å². The molecule has 6 nitrogen and oxygen atoms in total. The topological polar surface area (TPSA) is 88.2 Å². The fourth-order valence-electron chi connectivity index (χ4n) is 2.50. The van der Waals surface area contributed by atoms with Gasteiger partial charge in [-0.2, -0.15) is 0 Å². The fourth-order valence-corrected chi connectivity index (χ4v) is 3.18. The van der Waals surface area contributed by atoms with Crippen LogP contribution in [0, 0.1) is 6.92 Å². The Morgan fingerprint density at radius 3 is 2.48 bits per heavy atom. The van der Waals surface area contributed by atoms with E-state index >= 15 is 0 Å². The zero-order valence-corrected chi connectivity index (χ0v) is 14.3. The van der Waals surface area contributed by atoms with Gasteiger partial charge in [0.1, 0.15) is 6.10 Å². The molecule has 3 aromatic rings. The first-order valence-electron chi connectivity index (χ1n) is 7.67. The number of aromatic nitrogens is 3. The predicted octanol–water partition coefficient (Wildman–Crippen LogP) is 2.83. The van der Waals surface area contributed by atoms with Crippen LogP contribution in [0.25, 0.3) is 5.69 Å². The summed E-state index contributed by atoms with van der Waals surface area (Å²) >= 11 is 1.07. The summed E-state index contributed by atoms with van der Waals surface area (Å²) in [5, 5.41) is 28.4. The molecule has 128 valence electrons. The molecule has 3 rings (SSSR count). The molecule has 2 aromatic carbocycles. The van der Waals surface area contributed by atoms with Gasteiger partial charge in [0, 0.05) is 0 Å². The average molecular weight is 355 g/mol. The minimum Gasteiger partial charge on any atom is -0.481 e. The summed E-state index contributed by atoms with van der Waals surface area (Å²) in [5.41, 5.74) is 2.48. The van der Waals surface area contributed by atoms with Gasteiger partial charge in [-0.25, -0.2) is 0 Å². The van der Waals surface area contributed by atoms with Gasteiger partial charge >= 0.3 is 5.97 Å². The quantitative estimate of drug-likeness (QED) is 0.661. The van der Waals surface area contributed by atoms with Crippen molar-refractivity contribution in [1.82, 2.24) is 14.8 Å². The molecule has 1 aromatic heterocycles. The number of carbonyl (C=O) groups is 1. The highest BCUT2D eigenvalue weighted by atomic mass is 32.2. The maximum atomic E-state index is 10.9. The zero-order valence-electron chi connectivity index (χ0n) is 13.5. The number of aliphatic hydroxyl groups is 1. The number of nitrogens with zero attached hydrogens (tertiary/aromatic N) is 3. The van der Waals surface area contributed by atoms with Gasteiger partial charge in [-0.1, -0.05) is 60.3 Å². The van der Waals surface area contributed by atoms with E-state index in [9.17, 15) is 9.90 Å². The molecule has 0 unspecified atom stereocenters. The Morgan fingerprint density at radius 1 is 1.12 bits per heavy atom. The van der Waals surface area contributed by atoms with Crippen molar-refractivity contribution in [2.24, 2.45) is 0 Å². The second-order valence-corrected chi connectivity index (χ2v) is 6.40. The Hall–Kier alpha value is -2.64. The first-order chi connectivity index (χ1) is 12.1. The number of para-hydroxylation sites is 1. The SMILES string of the molecule is Cc1ccccc1-n1c(SCC(=O)O)nnc1[C@H](O)c1ccccc1. The van der Waals surface area contributed by atoms with Gasteiger partial charge in [-0.15, -0.1) is 10.2 Å². The van der Waals surface area contributed by atoms with Crippen LogP contribution in [0.15, 0.2) is 59.8 Å². The van der Waals surface area contributed by atoms with Crippen molar-refractivity contribution in [3.63, 3.8) is 0 Å². The first-order valence-corrected chi connectivity index (χ1v) is 8.65. The smallest absolute Gasteiger partial charge is 0.313 e. The van der Waals surface area contributed by atoms with E-state index in [1.165, 1.54) is 0 Å². The number of aliphatic hydroxyl groups excluding tert-OH is 1. The van der Waals surface area contributed by atoms with E-state index in [-0.39, 0.29) is 5.75 Å². The van der Waals surface area contributed by atoms with Crippen molar-refractivity contribution in [1.29, 1.82) is 0 Å². The molecule has 0 amide bonds. The van der Waals surface area contributed by atoms with E-state index < -0.39 is 12.1 Å². The van der Waals surface area contributed by atoms with Crippen LogP contribution in [0.5, 0.6) is 0 Å². The molecular weight excluding hydrogens is 338 g/mol. The van der Waals surface area contributed by atoms with Crippen molar-refractivity contribution in [3.8, 4) is 5.69 Å². The number of hydrogen-bond acceptors (Lipinski definition) is 5. The zero-order chi connectivity index (χ0) is 17.8. The van der Waals surface area contributed by atoms with Crippen molar-refractivity contribution in [2.45, 2.75) is 18.2 Å². The third-order valence-corrected chi connectivity index (χ3v) is 4.61. The van der Waals surface area contributed by atoms with Gasteiger partial charge in [-0.3, -0.25) is 9.36 Å². The van der Waals surface area contributed by atoms with Gasteiger partial charge in [0.15, 0.2) is 11.0 Å². The Morgan fingerprint density at radius 2 is 1.80 bits per heavy atom. The number of hydrogen-bond donors (Lipinski definition) is 2. The van der Waals surface area contributed by atoms with Gasteiger partial charge in [-0.05, 0) is 24.1 Å². The monoisotopic (exact) mass is 355 g/mol. The molecule has 0 saturated heterocycles. The number of carboxylic acids is 1. The van der Waals surface area contributed by atoms with E-state index in [1.807, 2.05) is 61.5 Å². The first kappa shape index (κ1) is 17.2. The third-order valence-electron chi connectivity index (χ3n) is 3.70. The highest BCUT2D eigenvalue weighted by molar-refractivity contribution is 7.99. The molecule has 0 aliphatic heterocycles. The van der Waals surface area contributed by atoms with Crippen molar-refractivity contribution in [2.75, 3.05) is 5.75 Å². The van der Waals surface area contributed by atoms with E-state index in [2.05, 4.69) is 10.2 Å². The molecule has 1 heterocycles. The van der Waals surface area contributed by atoms with Crippen molar-refractivity contribution < 1.29 is 15.0 Å². The molecule has 0 bridgehead atoms. The average Bonchev–Trinajstić information content (AvgIpc) is 3.04. The lowest BCUT2D eigenvalue weighted by atomic mass is 10.1. The third kappa shape index (κ3) is 3.72. The van der Waals surface area contributed by atoms with E-state index in [1.54, 1.807) is 4.57 Å². The number of benzene rings is 2. The molecular formula is C18H17N3O3S. The molecule has 0 saturated carbocycles. The molecule has 7 heteroatoms. The highest BCUT2D eigenvalue weighted by Crippen LogP contribution is 2.29. The van der Waals surface area contributed by atoms with E-state index in [0.29, 0.717) is 16.5 Å². The Labute approximate surface area is 149 Å². The number of aryl methyl sites for hydroxylation is 1. The Balaban J connectivity index is 2.09. The molecule has 0 aliphatic carbocycles. The summed E-state index contributed by atoms with van der Waals surface area (Å²) in [5.74, 6) is -0.714. The van der Waals surface area contributed by atoms with Crippen LogP contribution < -0.4 is 0 Å². The number of carboxylic acid groups (broad SMARTS) is 1. The van der Waals surface area contributed by atoms with Crippen LogP contribution in [0.3, 0.4) is 0 Å². The van der Waals surface area contributed by atoms with E-state index in [4.69, 9.17) is 5.11 Å². The van der Waals surface area contributed by atoms with Crippen LogP contribution >= 0.6 is 11.8 Å². The minimum atomic E-state index is -0.965. The fraction of sp³-hybridized carbons (Fsp3) is 0.167. The van der Waals surface area contributed by atoms with Crippen LogP contribution in [0.1, 0.15) is 23.1 Å². The molecule has 25 heavy (non-hydrogen) atoms. The second-order valence-electron chi connectivity index (χ2n) is 5.46. The largest absolute Gasteiger partial charge is 0.481 e. The van der Waals surface area contributed by atoms with Crippen molar-refractivity contribution >= 4 is 17.7 Å². The van der Waals surface area contributed by atoms with E-state index in [0.717, 1.165) is 23.0 Å². The maximum absolute atomic E-state index is 10.9. The van der Waals surface area contributed by atoms with Crippen LogP contribution in [-0.2, 0) is 4.79 Å². The summed E-state index contributed by atoms with van der Waals surface area (Å²) in [6.45, 7) is 1.94. The lowest BCUT2D eigenvalue weighted by molar-refractivity contribution is -0.133.